The highest BCUT2D eigenvalue weighted by atomic mass is 16.5. The summed E-state index contributed by atoms with van der Waals surface area (Å²) < 4.78 is 13.2. The van der Waals surface area contributed by atoms with Gasteiger partial charge in [-0.3, -0.25) is 0 Å². The molecule has 1 heterocycles. The number of ether oxygens (including phenoxy) is 1. The van der Waals surface area contributed by atoms with Crippen LogP contribution in [0.1, 0.15) is 78.9 Å². The highest BCUT2D eigenvalue weighted by Crippen LogP contribution is 2.15. The lowest BCUT2D eigenvalue weighted by molar-refractivity contribution is 0.283. The Morgan fingerprint density at radius 2 is 1.72 bits per heavy atom. The van der Waals surface area contributed by atoms with E-state index in [1.165, 1.54) is 56.9 Å². The van der Waals surface area contributed by atoms with Crippen molar-refractivity contribution in [2.45, 2.75) is 77.5 Å². The molecule has 1 heteroatoms. The van der Waals surface area contributed by atoms with Gasteiger partial charge >= 0.3 is 0 Å². The lowest BCUT2D eigenvalue weighted by Crippen LogP contribution is -1.92. The van der Waals surface area contributed by atoms with Gasteiger partial charge in [0.05, 0.1) is 6.26 Å². The summed E-state index contributed by atoms with van der Waals surface area (Å²) in [6.07, 6.45) is 18.6. The molecule has 0 fully saturated rings. The van der Waals surface area contributed by atoms with Crippen LogP contribution in [0.5, 0.6) is 0 Å². The Labute approximate surface area is 115 Å². The molecule has 0 aliphatic carbocycles. The normalized spacial score (nSPS) is 16.9. The standard InChI is InChI=1S/C17H30O/c1-2-3-4-5-6-7-8-9-10-11-12-17-13-15-18-16-14-17/h13-15H,2-12,16H2,1H3/i11D. The van der Waals surface area contributed by atoms with E-state index >= 15 is 0 Å². The van der Waals surface area contributed by atoms with E-state index in [2.05, 4.69) is 13.0 Å². The quantitative estimate of drug-likeness (QED) is 0.424. The van der Waals surface area contributed by atoms with Gasteiger partial charge in [0.2, 0.25) is 0 Å². The van der Waals surface area contributed by atoms with Gasteiger partial charge in [0.25, 0.3) is 0 Å². The Hall–Kier alpha value is -0.720. The Kier molecular flexibility index (Phi) is 8.66. The maximum Gasteiger partial charge on any atom is 0.106 e. The first-order valence-electron chi connectivity index (χ1n) is 8.30. The van der Waals surface area contributed by atoms with Crippen LogP contribution in [0.2, 0.25) is 0 Å². The van der Waals surface area contributed by atoms with Gasteiger partial charge in [-0.15, -0.1) is 0 Å². The maximum absolute atomic E-state index is 8.06. The fourth-order valence-corrected chi connectivity index (χ4v) is 2.26. The van der Waals surface area contributed by atoms with Gasteiger partial charge in [0, 0.05) is 1.37 Å². The van der Waals surface area contributed by atoms with Gasteiger partial charge < -0.3 is 4.74 Å². The minimum Gasteiger partial charge on any atom is -0.497 e. The number of allylic oxidation sites excluding steroid dienone is 2. The molecule has 0 saturated carbocycles. The fraction of sp³-hybridized carbons (Fsp3) is 0.765. The second-order valence-corrected chi connectivity index (χ2v) is 5.17. The lowest BCUT2D eigenvalue weighted by Gasteiger charge is -2.07. The third-order valence-electron chi connectivity index (χ3n) is 3.46. The van der Waals surface area contributed by atoms with Crippen molar-refractivity contribution in [2.24, 2.45) is 0 Å². The van der Waals surface area contributed by atoms with Crippen LogP contribution in [0.4, 0.5) is 0 Å². The number of hydrogen-bond donors (Lipinski definition) is 0. The van der Waals surface area contributed by atoms with Crippen LogP contribution in [0, 0.1) is 0 Å². The second kappa shape index (κ2) is 11.4. The van der Waals surface area contributed by atoms with Crippen molar-refractivity contribution < 1.29 is 6.11 Å². The molecule has 1 atom stereocenters. The van der Waals surface area contributed by atoms with E-state index in [1.807, 2.05) is 6.08 Å². The van der Waals surface area contributed by atoms with E-state index in [0.29, 0.717) is 6.61 Å². The summed E-state index contributed by atoms with van der Waals surface area (Å²) in [7, 11) is 0. The van der Waals surface area contributed by atoms with E-state index in [1.54, 1.807) is 6.26 Å². The Bertz CT molecular complexity index is 270. The summed E-state index contributed by atoms with van der Waals surface area (Å²) in [6.45, 7) is 2.94. The molecule has 0 saturated heterocycles. The molecule has 0 radical (unpaired) electrons. The molecule has 0 aromatic rings. The molecule has 0 aromatic heterocycles. The van der Waals surface area contributed by atoms with Crippen LogP contribution in [0.15, 0.2) is 24.0 Å². The minimum absolute atomic E-state index is 0.0640. The highest BCUT2D eigenvalue weighted by molar-refractivity contribution is 5.19. The van der Waals surface area contributed by atoms with Crippen molar-refractivity contribution in [1.82, 2.24) is 0 Å². The van der Waals surface area contributed by atoms with E-state index in [9.17, 15) is 0 Å². The van der Waals surface area contributed by atoms with Crippen molar-refractivity contribution in [1.29, 1.82) is 0 Å². The predicted molar refractivity (Wildman–Crippen MR) is 79.6 cm³/mol. The van der Waals surface area contributed by atoms with Crippen LogP contribution in [0.25, 0.3) is 0 Å². The SMILES string of the molecule is [2H]C(CCCCCCCCCC)CC1=CCOC=C1. The van der Waals surface area contributed by atoms with Crippen LogP contribution in [-0.4, -0.2) is 6.61 Å². The summed E-state index contributed by atoms with van der Waals surface area (Å²) in [6, 6.07) is 0. The second-order valence-electron chi connectivity index (χ2n) is 5.17. The van der Waals surface area contributed by atoms with E-state index < -0.39 is 0 Å². The van der Waals surface area contributed by atoms with E-state index in [0.717, 1.165) is 12.8 Å². The van der Waals surface area contributed by atoms with Gasteiger partial charge in [0.1, 0.15) is 6.61 Å². The third-order valence-corrected chi connectivity index (χ3v) is 3.46. The van der Waals surface area contributed by atoms with Crippen molar-refractivity contribution in [3.8, 4) is 0 Å². The first kappa shape index (κ1) is 13.7. The zero-order valence-corrected chi connectivity index (χ0v) is 12.0. The monoisotopic (exact) mass is 251 g/mol. The summed E-state index contributed by atoms with van der Waals surface area (Å²) in [5, 5.41) is 0. The molecule has 1 unspecified atom stereocenters. The molecular formula is C17H30O. The summed E-state index contributed by atoms with van der Waals surface area (Å²) in [5.74, 6) is 0. The van der Waals surface area contributed by atoms with Crippen LogP contribution >= 0.6 is 0 Å². The molecule has 1 aliphatic rings. The predicted octanol–water partition coefficient (Wildman–Crippen LogP) is 5.77. The topological polar surface area (TPSA) is 9.23 Å². The molecule has 1 aliphatic heterocycles. The average molecular weight is 251 g/mol. The van der Waals surface area contributed by atoms with Crippen LogP contribution < -0.4 is 0 Å². The smallest absolute Gasteiger partial charge is 0.106 e. The summed E-state index contributed by atoms with van der Waals surface area (Å²) in [5.41, 5.74) is 1.27. The van der Waals surface area contributed by atoms with Gasteiger partial charge in [-0.25, -0.2) is 0 Å². The molecule has 0 spiro atoms. The average Bonchev–Trinajstić information content (AvgIpc) is 2.43. The van der Waals surface area contributed by atoms with E-state index in [-0.39, 0.29) is 6.40 Å². The Morgan fingerprint density at radius 1 is 1.06 bits per heavy atom. The first-order chi connectivity index (χ1) is 9.33. The highest BCUT2D eigenvalue weighted by Gasteiger charge is 1.98. The molecule has 18 heavy (non-hydrogen) atoms. The summed E-state index contributed by atoms with van der Waals surface area (Å²) >= 11 is 0. The Morgan fingerprint density at radius 3 is 2.33 bits per heavy atom. The van der Waals surface area contributed by atoms with E-state index in [4.69, 9.17) is 6.11 Å². The van der Waals surface area contributed by atoms with Gasteiger partial charge in [-0.2, -0.15) is 0 Å². The molecular weight excluding hydrogens is 220 g/mol. The maximum atomic E-state index is 8.06. The fourth-order valence-electron chi connectivity index (χ4n) is 2.26. The number of rotatable bonds is 11. The van der Waals surface area contributed by atoms with Crippen molar-refractivity contribution in [3.05, 3.63) is 24.0 Å². The molecule has 0 bridgehead atoms. The van der Waals surface area contributed by atoms with Crippen molar-refractivity contribution >= 4 is 0 Å². The van der Waals surface area contributed by atoms with Gasteiger partial charge in [-0.05, 0) is 30.5 Å². The minimum atomic E-state index is 0.0640. The molecule has 104 valence electrons. The Balaban J connectivity index is 1.91. The summed E-state index contributed by atoms with van der Waals surface area (Å²) in [4.78, 5) is 0. The molecule has 1 nitrogen and oxygen atoms in total. The zero-order valence-electron chi connectivity index (χ0n) is 13.0. The zero-order chi connectivity index (χ0) is 13.8. The van der Waals surface area contributed by atoms with Gasteiger partial charge in [0.15, 0.2) is 0 Å². The molecule has 1 rings (SSSR count). The largest absolute Gasteiger partial charge is 0.497 e. The van der Waals surface area contributed by atoms with Crippen LogP contribution in [-0.2, 0) is 4.74 Å². The third kappa shape index (κ3) is 8.38. The molecule has 0 aromatic carbocycles. The van der Waals surface area contributed by atoms with Crippen molar-refractivity contribution in [3.63, 3.8) is 0 Å². The molecule has 0 N–H and O–H groups in total. The first-order valence-corrected chi connectivity index (χ1v) is 7.72. The number of unbranched alkanes of at least 4 members (excludes halogenated alkanes) is 7. The molecule has 0 amide bonds. The van der Waals surface area contributed by atoms with Crippen molar-refractivity contribution in [2.75, 3.05) is 6.61 Å². The lowest BCUT2D eigenvalue weighted by atomic mass is 10.0. The number of hydrogen-bond acceptors (Lipinski definition) is 1. The van der Waals surface area contributed by atoms with Gasteiger partial charge in [-0.1, -0.05) is 64.7 Å². The van der Waals surface area contributed by atoms with Crippen LogP contribution in [0.3, 0.4) is 0 Å².